The van der Waals surface area contributed by atoms with E-state index in [0.717, 1.165) is 35.0 Å². The average Bonchev–Trinajstić information content (AvgIpc) is 3.27. The summed E-state index contributed by atoms with van der Waals surface area (Å²) in [4.78, 5) is 32.1. The molecule has 0 aliphatic heterocycles. The summed E-state index contributed by atoms with van der Waals surface area (Å²) < 4.78 is 1.55. The Balaban J connectivity index is 1.55. The fourth-order valence-electron chi connectivity index (χ4n) is 3.29. The third kappa shape index (κ3) is 3.32. The third-order valence-corrected chi connectivity index (χ3v) is 7.17. The van der Waals surface area contributed by atoms with Crippen molar-refractivity contribution in [3.63, 3.8) is 0 Å². The van der Waals surface area contributed by atoms with Crippen LogP contribution in [0.1, 0.15) is 29.3 Å². The van der Waals surface area contributed by atoms with Gasteiger partial charge < -0.3 is 5.32 Å². The Hall–Kier alpha value is -2.63. The van der Waals surface area contributed by atoms with Crippen LogP contribution in [0.15, 0.2) is 34.2 Å². The molecular weight excluding hydrogens is 392 g/mol. The van der Waals surface area contributed by atoms with Gasteiger partial charge in [-0.1, -0.05) is 11.8 Å². The number of thioether (sulfide) groups is 1. The molecule has 142 valence electrons. The summed E-state index contributed by atoms with van der Waals surface area (Å²) in [5.41, 5.74) is 2.29. The number of anilines is 1. The van der Waals surface area contributed by atoms with Gasteiger partial charge in [0.25, 0.3) is 5.56 Å². The maximum atomic E-state index is 12.9. The SMILES string of the molecule is C[C@@H](Sc1nc2sc3c(c2c(=O)n1C)CCC3)C(=O)Nc1ccc(C#N)cc1. The number of amides is 1. The Morgan fingerprint density at radius 2 is 2.11 bits per heavy atom. The number of rotatable bonds is 4. The third-order valence-electron chi connectivity index (χ3n) is 4.84. The smallest absolute Gasteiger partial charge is 0.262 e. The van der Waals surface area contributed by atoms with Crippen LogP contribution in [-0.4, -0.2) is 20.7 Å². The summed E-state index contributed by atoms with van der Waals surface area (Å²) in [6.45, 7) is 1.79. The van der Waals surface area contributed by atoms with Gasteiger partial charge in [0.05, 0.1) is 22.3 Å². The summed E-state index contributed by atoms with van der Waals surface area (Å²) in [7, 11) is 1.71. The fraction of sp³-hybridized carbons (Fsp3) is 0.300. The molecule has 1 aliphatic carbocycles. The summed E-state index contributed by atoms with van der Waals surface area (Å²) in [5.74, 6) is -0.183. The molecule has 2 heterocycles. The molecule has 6 nitrogen and oxygen atoms in total. The fourth-order valence-corrected chi connectivity index (χ4v) is 5.47. The van der Waals surface area contributed by atoms with Crippen molar-refractivity contribution in [1.82, 2.24) is 9.55 Å². The van der Waals surface area contributed by atoms with Gasteiger partial charge in [0.15, 0.2) is 5.16 Å². The summed E-state index contributed by atoms with van der Waals surface area (Å²) in [5, 5.41) is 12.5. The summed E-state index contributed by atoms with van der Waals surface area (Å²) in [6, 6.07) is 8.75. The van der Waals surface area contributed by atoms with Crippen molar-refractivity contribution in [2.45, 2.75) is 36.6 Å². The number of nitriles is 1. The lowest BCUT2D eigenvalue weighted by Crippen LogP contribution is -2.25. The first-order valence-electron chi connectivity index (χ1n) is 8.97. The van der Waals surface area contributed by atoms with Crippen LogP contribution < -0.4 is 10.9 Å². The highest BCUT2D eigenvalue weighted by atomic mass is 32.2. The van der Waals surface area contributed by atoms with Gasteiger partial charge >= 0.3 is 0 Å². The lowest BCUT2D eigenvalue weighted by molar-refractivity contribution is -0.115. The number of aryl methyl sites for hydroxylation is 2. The van der Waals surface area contributed by atoms with E-state index < -0.39 is 5.25 Å². The van der Waals surface area contributed by atoms with Crippen molar-refractivity contribution < 1.29 is 4.79 Å². The largest absolute Gasteiger partial charge is 0.325 e. The molecule has 3 aromatic rings. The van der Waals surface area contributed by atoms with Gasteiger partial charge in [0, 0.05) is 17.6 Å². The summed E-state index contributed by atoms with van der Waals surface area (Å²) in [6.07, 6.45) is 3.07. The predicted molar refractivity (Wildman–Crippen MR) is 112 cm³/mol. The van der Waals surface area contributed by atoms with Crippen molar-refractivity contribution in [3.8, 4) is 6.07 Å². The summed E-state index contributed by atoms with van der Waals surface area (Å²) >= 11 is 2.87. The van der Waals surface area contributed by atoms with Crippen LogP contribution in [-0.2, 0) is 24.7 Å². The molecule has 4 rings (SSSR count). The van der Waals surface area contributed by atoms with Crippen molar-refractivity contribution >= 4 is 44.9 Å². The van der Waals surface area contributed by atoms with E-state index >= 15 is 0 Å². The second-order valence-electron chi connectivity index (χ2n) is 6.73. The van der Waals surface area contributed by atoms with E-state index in [4.69, 9.17) is 5.26 Å². The molecule has 0 unspecified atom stereocenters. The molecule has 0 radical (unpaired) electrons. The Bertz CT molecular complexity index is 1170. The standard InChI is InChI=1S/C20H18N4O2S2/c1-11(17(25)22-13-8-6-12(10-21)7-9-13)27-20-23-18-16(19(26)24(20)2)14-4-3-5-15(14)28-18/h6-9,11H,3-5H2,1-2H3,(H,22,25)/t11-/m1/s1. The van der Waals surface area contributed by atoms with Gasteiger partial charge in [-0.3, -0.25) is 14.2 Å². The minimum Gasteiger partial charge on any atom is -0.325 e. The minimum atomic E-state index is -0.432. The zero-order chi connectivity index (χ0) is 19.8. The van der Waals surface area contributed by atoms with Crippen molar-refractivity contribution in [3.05, 3.63) is 50.6 Å². The number of hydrogen-bond acceptors (Lipinski definition) is 6. The van der Waals surface area contributed by atoms with E-state index in [-0.39, 0.29) is 11.5 Å². The number of hydrogen-bond donors (Lipinski definition) is 1. The van der Waals surface area contributed by atoms with E-state index in [1.165, 1.54) is 16.6 Å². The molecule has 0 saturated carbocycles. The first-order chi connectivity index (χ1) is 13.5. The van der Waals surface area contributed by atoms with Gasteiger partial charge in [-0.2, -0.15) is 5.26 Å². The molecule has 1 N–H and O–H groups in total. The Kier molecular flexibility index (Phi) is 4.96. The monoisotopic (exact) mass is 410 g/mol. The van der Waals surface area contributed by atoms with Gasteiger partial charge in [-0.25, -0.2) is 4.98 Å². The predicted octanol–water partition coefficient (Wildman–Crippen LogP) is 3.47. The normalized spacial score (nSPS) is 13.9. The zero-order valence-electron chi connectivity index (χ0n) is 15.5. The number of nitrogens with zero attached hydrogens (tertiary/aromatic N) is 3. The molecular formula is C20H18N4O2S2. The van der Waals surface area contributed by atoms with Gasteiger partial charge in [0.1, 0.15) is 4.83 Å². The number of aromatic nitrogens is 2. The van der Waals surface area contributed by atoms with E-state index in [1.54, 1.807) is 54.1 Å². The quantitative estimate of drug-likeness (QED) is 0.526. The maximum Gasteiger partial charge on any atom is 0.262 e. The maximum absolute atomic E-state index is 12.9. The van der Waals surface area contributed by atoms with E-state index in [1.807, 2.05) is 6.07 Å². The lowest BCUT2D eigenvalue weighted by Gasteiger charge is -2.13. The second-order valence-corrected chi connectivity index (χ2v) is 9.13. The van der Waals surface area contributed by atoms with Crippen molar-refractivity contribution in [1.29, 1.82) is 5.26 Å². The average molecular weight is 411 g/mol. The molecule has 28 heavy (non-hydrogen) atoms. The van der Waals surface area contributed by atoms with Crippen molar-refractivity contribution in [2.75, 3.05) is 5.32 Å². The number of nitrogens with one attached hydrogen (secondary N) is 1. The molecule has 2 aromatic heterocycles. The number of thiophene rings is 1. The Morgan fingerprint density at radius 1 is 1.36 bits per heavy atom. The van der Waals surface area contributed by atoms with Crippen LogP contribution in [0.25, 0.3) is 10.2 Å². The van der Waals surface area contributed by atoms with Crippen LogP contribution in [0, 0.1) is 11.3 Å². The molecule has 0 bridgehead atoms. The first kappa shape index (κ1) is 18.7. The van der Waals surface area contributed by atoms with Gasteiger partial charge in [-0.15, -0.1) is 11.3 Å². The highest BCUT2D eigenvalue weighted by Gasteiger charge is 2.24. The van der Waals surface area contributed by atoms with Crippen LogP contribution >= 0.6 is 23.1 Å². The van der Waals surface area contributed by atoms with E-state index in [9.17, 15) is 9.59 Å². The minimum absolute atomic E-state index is 0.0356. The number of carbonyl (C=O) groups excluding carboxylic acids is 1. The van der Waals surface area contributed by atoms with Crippen LogP contribution in [0.5, 0.6) is 0 Å². The van der Waals surface area contributed by atoms with Crippen LogP contribution in [0.4, 0.5) is 5.69 Å². The Labute approximate surface area is 170 Å². The molecule has 1 aliphatic rings. The number of fused-ring (bicyclic) bond motifs is 3. The van der Waals surface area contributed by atoms with Crippen LogP contribution in [0.2, 0.25) is 0 Å². The Morgan fingerprint density at radius 3 is 2.82 bits per heavy atom. The molecule has 1 atom stereocenters. The molecule has 1 amide bonds. The first-order valence-corrected chi connectivity index (χ1v) is 10.7. The molecule has 1 aromatic carbocycles. The van der Waals surface area contributed by atoms with Crippen LogP contribution in [0.3, 0.4) is 0 Å². The molecule has 8 heteroatoms. The lowest BCUT2D eigenvalue weighted by atomic mass is 10.2. The molecule has 0 saturated heterocycles. The van der Waals surface area contributed by atoms with E-state index in [0.29, 0.717) is 16.4 Å². The van der Waals surface area contributed by atoms with Crippen molar-refractivity contribution in [2.24, 2.45) is 7.05 Å². The zero-order valence-corrected chi connectivity index (χ0v) is 17.1. The topological polar surface area (TPSA) is 87.8 Å². The highest BCUT2D eigenvalue weighted by molar-refractivity contribution is 8.00. The second kappa shape index (κ2) is 7.41. The number of carbonyl (C=O) groups is 1. The van der Waals surface area contributed by atoms with Gasteiger partial charge in [0.2, 0.25) is 5.91 Å². The number of benzene rings is 1. The molecule has 0 spiro atoms. The highest BCUT2D eigenvalue weighted by Crippen LogP contribution is 2.35. The van der Waals surface area contributed by atoms with Gasteiger partial charge in [-0.05, 0) is 56.0 Å². The van der Waals surface area contributed by atoms with E-state index in [2.05, 4.69) is 10.3 Å². The molecule has 0 fully saturated rings.